The SMILES string of the molecule is CCOCCNC(=O)N(CC(=O)O)CC(C)C. The molecule has 0 aromatic carbocycles. The first kappa shape index (κ1) is 15.7. The van der Waals surface area contributed by atoms with Gasteiger partial charge >= 0.3 is 12.0 Å². The predicted molar refractivity (Wildman–Crippen MR) is 63.9 cm³/mol. The average molecular weight is 246 g/mol. The zero-order valence-corrected chi connectivity index (χ0v) is 10.7. The van der Waals surface area contributed by atoms with E-state index in [9.17, 15) is 9.59 Å². The van der Waals surface area contributed by atoms with E-state index in [1.807, 2.05) is 20.8 Å². The highest BCUT2D eigenvalue weighted by molar-refractivity contribution is 5.80. The summed E-state index contributed by atoms with van der Waals surface area (Å²) in [5.74, 6) is -0.780. The molecule has 0 rings (SSSR count). The van der Waals surface area contributed by atoms with E-state index in [0.29, 0.717) is 26.3 Å². The fraction of sp³-hybridized carbons (Fsp3) is 0.818. The minimum Gasteiger partial charge on any atom is -0.480 e. The molecule has 0 bridgehead atoms. The van der Waals surface area contributed by atoms with E-state index < -0.39 is 5.97 Å². The molecular weight excluding hydrogens is 224 g/mol. The predicted octanol–water partition coefficient (Wildman–Crippen LogP) is 0.775. The summed E-state index contributed by atoms with van der Waals surface area (Å²) in [6.07, 6.45) is 0. The summed E-state index contributed by atoms with van der Waals surface area (Å²) in [6.45, 7) is 7.31. The largest absolute Gasteiger partial charge is 0.480 e. The normalized spacial score (nSPS) is 10.4. The topological polar surface area (TPSA) is 78.9 Å². The highest BCUT2D eigenvalue weighted by Crippen LogP contribution is 1.99. The maximum atomic E-state index is 11.7. The maximum absolute atomic E-state index is 11.7. The molecule has 6 nitrogen and oxygen atoms in total. The van der Waals surface area contributed by atoms with Crippen LogP contribution in [0.5, 0.6) is 0 Å². The molecule has 0 unspecified atom stereocenters. The summed E-state index contributed by atoms with van der Waals surface area (Å²) < 4.78 is 5.08. The Labute approximate surface area is 102 Å². The van der Waals surface area contributed by atoms with E-state index >= 15 is 0 Å². The number of ether oxygens (including phenoxy) is 1. The number of urea groups is 1. The number of aliphatic carboxylic acids is 1. The van der Waals surface area contributed by atoms with Gasteiger partial charge in [0.2, 0.25) is 0 Å². The fourth-order valence-corrected chi connectivity index (χ4v) is 1.31. The Hall–Kier alpha value is -1.30. The van der Waals surface area contributed by atoms with Crippen LogP contribution in [0.2, 0.25) is 0 Å². The standard InChI is InChI=1S/C11H22N2O4/c1-4-17-6-5-12-11(16)13(7-9(2)3)8-10(14)15/h9H,4-8H2,1-3H3,(H,12,16)(H,14,15). The molecule has 0 radical (unpaired) electrons. The van der Waals surface area contributed by atoms with Crippen LogP contribution in [0.15, 0.2) is 0 Å². The summed E-state index contributed by atoms with van der Waals surface area (Å²) in [7, 11) is 0. The number of hydrogen-bond acceptors (Lipinski definition) is 3. The van der Waals surface area contributed by atoms with Crippen molar-refractivity contribution in [2.75, 3.05) is 32.8 Å². The smallest absolute Gasteiger partial charge is 0.323 e. The molecule has 0 saturated carbocycles. The molecule has 2 N–H and O–H groups in total. The van der Waals surface area contributed by atoms with Crippen molar-refractivity contribution in [2.24, 2.45) is 5.92 Å². The zero-order valence-electron chi connectivity index (χ0n) is 10.7. The monoisotopic (exact) mass is 246 g/mol. The second kappa shape index (κ2) is 8.81. The molecule has 0 aliphatic carbocycles. The lowest BCUT2D eigenvalue weighted by Gasteiger charge is -2.23. The second-order valence-corrected chi connectivity index (χ2v) is 4.10. The first-order chi connectivity index (χ1) is 7.97. The van der Waals surface area contributed by atoms with Crippen molar-refractivity contribution in [3.63, 3.8) is 0 Å². The van der Waals surface area contributed by atoms with Crippen LogP contribution in [0.4, 0.5) is 4.79 Å². The second-order valence-electron chi connectivity index (χ2n) is 4.10. The summed E-state index contributed by atoms with van der Waals surface area (Å²) in [5.41, 5.74) is 0. The van der Waals surface area contributed by atoms with Crippen LogP contribution in [0.25, 0.3) is 0 Å². The van der Waals surface area contributed by atoms with Gasteiger partial charge in [-0.2, -0.15) is 0 Å². The summed E-state index contributed by atoms with van der Waals surface area (Å²) in [5, 5.41) is 11.3. The first-order valence-electron chi connectivity index (χ1n) is 5.79. The van der Waals surface area contributed by atoms with Crippen molar-refractivity contribution < 1.29 is 19.4 Å². The van der Waals surface area contributed by atoms with E-state index in [1.165, 1.54) is 4.90 Å². The zero-order chi connectivity index (χ0) is 13.3. The van der Waals surface area contributed by atoms with Gasteiger partial charge in [-0.3, -0.25) is 4.79 Å². The van der Waals surface area contributed by atoms with Crippen molar-refractivity contribution in [3.8, 4) is 0 Å². The molecule has 0 aliphatic heterocycles. The Morgan fingerprint density at radius 3 is 2.53 bits per heavy atom. The van der Waals surface area contributed by atoms with E-state index in [1.54, 1.807) is 0 Å². The maximum Gasteiger partial charge on any atom is 0.323 e. The number of amides is 2. The molecule has 0 spiro atoms. The van der Waals surface area contributed by atoms with Crippen molar-refractivity contribution in [1.82, 2.24) is 10.2 Å². The minimum absolute atomic E-state index is 0.229. The van der Waals surface area contributed by atoms with E-state index in [0.717, 1.165) is 0 Å². The lowest BCUT2D eigenvalue weighted by Crippen LogP contribution is -2.45. The molecule has 0 aliphatic rings. The highest BCUT2D eigenvalue weighted by Gasteiger charge is 2.17. The van der Waals surface area contributed by atoms with Gasteiger partial charge in [-0.15, -0.1) is 0 Å². The fourth-order valence-electron chi connectivity index (χ4n) is 1.31. The molecule has 0 fully saturated rings. The van der Waals surface area contributed by atoms with Crippen LogP contribution in [-0.2, 0) is 9.53 Å². The van der Waals surface area contributed by atoms with Crippen molar-refractivity contribution in [3.05, 3.63) is 0 Å². The Morgan fingerprint density at radius 2 is 2.06 bits per heavy atom. The molecule has 6 heteroatoms. The number of carbonyl (C=O) groups is 2. The van der Waals surface area contributed by atoms with Crippen LogP contribution >= 0.6 is 0 Å². The van der Waals surface area contributed by atoms with E-state index in [2.05, 4.69) is 5.32 Å². The average Bonchev–Trinajstić information content (AvgIpc) is 2.22. The Bertz CT molecular complexity index is 244. The lowest BCUT2D eigenvalue weighted by atomic mass is 10.2. The van der Waals surface area contributed by atoms with Gasteiger partial charge in [0.1, 0.15) is 6.54 Å². The van der Waals surface area contributed by atoms with Crippen LogP contribution in [0.1, 0.15) is 20.8 Å². The molecule has 100 valence electrons. The van der Waals surface area contributed by atoms with Gasteiger partial charge in [0.05, 0.1) is 6.61 Å². The molecule has 0 atom stereocenters. The number of hydrogen-bond donors (Lipinski definition) is 2. The quantitative estimate of drug-likeness (QED) is 0.620. The lowest BCUT2D eigenvalue weighted by molar-refractivity contribution is -0.137. The van der Waals surface area contributed by atoms with Gasteiger partial charge in [0, 0.05) is 19.7 Å². The molecule has 17 heavy (non-hydrogen) atoms. The molecule has 2 amide bonds. The number of carboxylic acids is 1. The number of nitrogens with one attached hydrogen (secondary N) is 1. The summed E-state index contributed by atoms with van der Waals surface area (Å²) >= 11 is 0. The van der Waals surface area contributed by atoms with Gasteiger partial charge in [-0.25, -0.2) is 4.79 Å². The number of rotatable bonds is 8. The van der Waals surface area contributed by atoms with Crippen LogP contribution in [0, 0.1) is 5.92 Å². The summed E-state index contributed by atoms with van der Waals surface area (Å²) in [6, 6.07) is -0.360. The van der Waals surface area contributed by atoms with Gasteiger partial charge in [0.15, 0.2) is 0 Å². The third-order valence-corrected chi connectivity index (χ3v) is 1.93. The van der Waals surface area contributed by atoms with Crippen molar-refractivity contribution >= 4 is 12.0 Å². The third-order valence-electron chi connectivity index (χ3n) is 1.93. The van der Waals surface area contributed by atoms with E-state index in [4.69, 9.17) is 9.84 Å². The first-order valence-corrected chi connectivity index (χ1v) is 5.79. The van der Waals surface area contributed by atoms with Crippen molar-refractivity contribution in [2.45, 2.75) is 20.8 Å². The van der Waals surface area contributed by atoms with Gasteiger partial charge in [-0.1, -0.05) is 13.8 Å². The Kier molecular flexibility index (Phi) is 8.13. The summed E-state index contributed by atoms with van der Waals surface area (Å²) in [4.78, 5) is 23.6. The van der Waals surface area contributed by atoms with Gasteiger partial charge in [0.25, 0.3) is 0 Å². The Morgan fingerprint density at radius 1 is 1.41 bits per heavy atom. The Balaban J connectivity index is 4.08. The number of nitrogens with zero attached hydrogens (tertiary/aromatic N) is 1. The number of carbonyl (C=O) groups excluding carboxylic acids is 1. The molecule has 0 saturated heterocycles. The van der Waals surface area contributed by atoms with Gasteiger partial charge in [-0.05, 0) is 12.8 Å². The van der Waals surface area contributed by atoms with Crippen LogP contribution < -0.4 is 5.32 Å². The van der Waals surface area contributed by atoms with Crippen LogP contribution in [0.3, 0.4) is 0 Å². The third kappa shape index (κ3) is 8.50. The number of carboxylic acid groups (broad SMARTS) is 1. The molecule has 0 heterocycles. The van der Waals surface area contributed by atoms with Crippen LogP contribution in [-0.4, -0.2) is 54.9 Å². The van der Waals surface area contributed by atoms with E-state index in [-0.39, 0.29) is 18.5 Å². The van der Waals surface area contributed by atoms with Gasteiger partial charge < -0.3 is 20.1 Å². The molecular formula is C11H22N2O4. The van der Waals surface area contributed by atoms with Crippen molar-refractivity contribution in [1.29, 1.82) is 0 Å². The molecule has 0 aromatic rings. The minimum atomic E-state index is -1.01. The highest BCUT2D eigenvalue weighted by atomic mass is 16.5. The molecule has 0 aromatic heterocycles.